The van der Waals surface area contributed by atoms with Crippen molar-refractivity contribution in [2.45, 2.75) is 11.3 Å². The minimum absolute atomic E-state index is 0.0371. The summed E-state index contributed by atoms with van der Waals surface area (Å²) in [7, 11) is 0. The van der Waals surface area contributed by atoms with Crippen molar-refractivity contribution in [2.24, 2.45) is 0 Å². The van der Waals surface area contributed by atoms with E-state index < -0.39 is 12.1 Å². The Morgan fingerprint density at radius 3 is 2.50 bits per heavy atom. The van der Waals surface area contributed by atoms with Crippen LogP contribution in [0.1, 0.15) is 5.56 Å². The van der Waals surface area contributed by atoms with Gasteiger partial charge in [-0.05, 0) is 18.2 Å². The van der Waals surface area contributed by atoms with Crippen molar-refractivity contribution >= 4 is 12.6 Å². The van der Waals surface area contributed by atoms with Gasteiger partial charge >= 0.3 is 6.36 Å². The first-order chi connectivity index (χ1) is 6.42. The van der Waals surface area contributed by atoms with Gasteiger partial charge in [-0.1, -0.05) is 0 Å². The lowest BCUT2D eigenvalue weighted by Gasteiger charge is -2.08. The van der Waals surface area contributed by atoms with E-state index in [1.807, 2.05) is 0 Å². The Bertz CT molecular complexity index is 383. The first-order valence-corrected chi connectivity index (χ1v) is 3.86. The Morgan fingerprint density at radius 1 is 1.36 bits per heavy atom. The highest BCUT2D eigenvalue weighted by atomic mass is 32.1. The normalized spacial score (nSPS) is 10.8. The molecule has 6 heteroatoms. The van der Waals surface area contributed by atoms with Crippen LogP contribution in [0.4, 0.5) is 13.2 Å². The molecule has 0 aliphatic carbocycles. The molecule has 74 valence electrons. The van der Waals surface area contributed by atoms with E-state index in [4.69, 9.17) is 5.26 Å². The molecule has 0 atom stereocenters. The molecule has 1 rings (SSSR count). The largest absolute Gasteiger partial charge is 0.573 e. The van der Waals surface area contributed by atoms with Gasteiger partial charge < -0.3 is 4.74 Å². The van der Waals surface area contributed by atoms with Crippen LogP contribution in [0.2, 0.25) is 0 Å². The summed E-state index contributed by atoms with van der Waals surface area (Å²) in [6.07, 6.45) is -4.75. The van der Waals surface area contributed by atoms with Crippen LogP contribution in [-0.4, -0.2) is 6.36 Å². The number of nitrogens with zero attached hydrogens (tertiary/aromatic N) is 1. The first-order valence-electron chi connectivity index (χ1n) is 3.41. The van der Waals surface area contributed by atoms with Crippen LogP contribution in [0.25, 0.3) is 0 Å². The molecule has 0 heterocycles. The van der Waals surface area contributed by atoms with Crippen LogP contribution in [-0.2, 0) is 0 Å². The molecule has 0 unspecified atom stereocenters. The molecule has 0 saturated heterocycles. The monoisotopic (exact) mass is 219 g/mol. The highest BCUT2D eigenvalue weighted by Crippen LogP contribution is 2.25. The first kappa shape index (κ1) is 10.7. The van der Waals surface area contributed by atoms with Crippen LogP contribution in [0.15, 0.2) is 23.1 Å². The topological polar surface area (TPSA) is 33.0 Å². The fraction of sp³-hybridized carbons (Fsp3) is 0.125. The number of alkyl halides is 3. The Kier molecular flexibility index (Phi) is 2.91. The highest BCUT2D eigenvalue weighted by molar-refractivity contribution is 7.80. The van der Waals surface area contributed by atoms with Gasteiger partial charge in [0, 0.05) is 4.90 Å². The molecule has 0 aromatic heterocycles. The van der Waals surface area contributed by atoms with Gasteiger partial charge in [0.05, 0.1) is 5.56 Å². The predicted octanol–water partition coefficient (Wildman–Crippen LogP) is 2.75. The van der Waals surface area contributed by atoms with Crippen LogP contribution < -0.4 is 4.74 Å². The molecule has 0 aliphatic rings. The van der Waals surface area contributed by atoms with Crippen molar-refractivity contribution in [3.05, 3.63) is 23.8 Å². The van der Waals surface area contributed by atoms with Crippen LogP contribution in [0.3, 0.4) is 0 Å². The molecule has 1 aromatic rings. The molecule has 1 aromatic carbocycles. The molecule has 0 amide bonds. The molecular formula is C8H4F3NOS. The summed E-state index contributed by atoms with van der Waals surface area (Å²) in [6.45, 7) is 0. The molecular weight excluding hydrogens is 215 g/mol. The lowest BCUT2D eigenvalue weighted by atomic mass is 10.2. The second kappa shape index (κ2) is 3.80. The van der Waals surface area contributed by atoms with Crippen molar-refractivity contribution in [3.63, 3.8) is 0 Å². The average Bonchev–Trinajstić information content (AvgIpc) is 2.06. The van der Waals surface area contributed by atoms with E-state index in [1.54, 1.807) is 6.07 Å². The maximum absolute atomic E-state index is 11.8. The van der Waals surface area contributed by atoms with Crippen molar-refractivity contribution in [2.75, 3.05) is 0 Å². The van der Waals surface area contributed by atoms with Crippen LogP contribution in [0, 0.1) is 11.3 Å². The summed E-state index contributed by atoms with van der Waals surface area (Å²) in [5.41, 5.74) is 0.0371. The molecule has 0 bridgehead atoms. The summed E-state index contributed by atoms with van der Waals surface area (Å²) < 4.78 is 38.9. The van der Waals surface area contributed by atoms with Crippen molar-refractivity contribution in [1.29, 1.82) is 5.26 Å². The number of thiol groups is 1. The number of hydrogen-bond acceptors (Lipinski definition) is 3. The van der Waals surface area contributed by atoms with Crippen LogP contribution >= 0.6 is 12.6 Å². The standard InChI is InChI=1S/C8H4F3NOS/c9-8(10,11)13-6-1-2-7(14)5(3-6)4-12/h1-3,14H. The van der Waals surface area contributed by atoms with Gasteiger partial charge in [-0.2, -0.15) is 5.26 Å². The number of benzene rings is 1. The smallest absolute Gasteiger partial charge is 0.406 e. The minimum atomic E-state index is -4.75. The average molecular weight is 219 g/mol. The number of halogens is 3. The van der Waals surface area contributed by atoms with Crippen LogP contribution in [0.5, 0.6) is 5.75 Å². The maximum Gasteiger partial charge on any atom is 0.573 e. The zero-order valence-electron chi connectivity index (χ0n) is 6.67. The molecule has 0 aliphatic heterocycles. The Labute approximate surface area is 83.3 Å². The minimum Gasteiger partial charge on any atom is -0.406 e. The molecule has 14 heavy (non-hydrogen) atoms. The molecule has 0 radical (unpaired) electrons. The third kappa shape index (κ3) is 2.85. The van der Waals surface area contributed by atoms with Crippen molar-refractivity contribution < 1.29 is 17.9 Å². The van der Waals surface area contributed by atoms with Crippen molar-refractivity contribution in [1.82, 2.24) is 0 Å². The zero-order valence-corrected chi connectivity index (χ0v) is 7.56. The lowest BCUT2D eigenvalue weighted by Crippen LogP contribution is -2.17. The molecule has 0 spiro atoms. The SMILES string of the molecule is N#Cc1cc(OC(F)(F)F)ccc1S. The van der Waals surface area contributed by atoms with E-state index in [1.165, 1.54) is 6.07 Å². The maximum atomic E-state index is 11.8. The second-order valence-electron chi connectivity index (χ2n) is 2.34. The van der Waals surface area contributed by atoms with E-state index in [0.29, 0.717) is 4.90 Å². The number of nitriles is 1. The fourth-order valence-electron chi connectivity index (χ4n) is 0.802. The number of rotatable bonds is 1. The fourth-order valence-corrected chi connectivity index (χ4v) is 0.991. The van der Waals surface area contributed by atoms with Gasteiger partial charge in [0.2, 0.25) is 0 Å². The van der Waals surface area contributed by atoms with Gasteiger partial charge in [0.15, 0.2) is 0 Å². The van der Waals surface area contributed by atoms with E-state index in [9.17, 15) is 13.2 Å². The van der Waals surface area contributed by atoms with Gasteiger partial charge in [0.25, 0.3) is 0 Å². The Hall–Kier alpha value is -1.35. The van der Waals surface area contributed by atoms with Gasteiger partial charge in [-0.15, -0.1) is 25.8 Å². The van der Waals surface area contributed by atoms with E-state index in [-0.39, 0.29) is 5.56 Å². The third-order valence-corrected chi connectivity index (χ3v) is 1.71. The highest BCUT2D eigenvalue weighted by Gasteiger charge is 2.31. The van der Waals surface area contributed by atoms with Gasteiger partial charge in [-0.3, -0.25) is 0 Å². The van der Waals surface area contributed by atoms with Gasteiger partial charge in [-0.25, -0.2) is 0 Å². The summed E-state index contributed by atoms with van der Waals surface area (Å²) in [6, 6.07) is 5.04. The van der Waals surface area contributed by atoms with Gasteiger partial charge in [0.1, 0.15) is 11.8 Å². The summed E-state index contributed by atoms with van der Waals surface area (Å²) in [5, 5.41) is 8.51. The van der Waals surface area contributed by atoms with E-state index in [2.05, 4.69) is 17.4 Å². The van der Waals surface area contributed by atoms with Crippen molar-refractivity contribution in [3.8, 4) is 11.8 Å². The Balaban J connectivity index is 2.97. The molecule has 0 N–H and O–H groups in total. The predicted molar refractivity (Wildman–Crippen MR) is 45.1 cm³/mol. The van der Waals surface area contributed by atoms with E-state index in [0.717, 1.165) is 12.1 Å². The summed E-state index contributed by atoms with van der Waals surface area (Å²) in [5.74, 6) is -0.424. The summed E-state index contributed by atoms with van der Waals surface area (Å²) >= 11 is 3.88. The molecule has 0 fully saturated rings. The van der Waals surface area contributed by atoms with E-state index >= 15 is 0 Å². The zero-order chi connectivity index (χ0) is 10.8. The quantitative estimate of drug-likeness (QED) is 0.736. The number of hydrogen-bond donors (Lipinski definition) is 1. The lowest BCUT2D eigenvalue weighted by molar-refractivity contribution is -0.274. The Morgan fingerprint density at radius 2 is 2.00 bits per heavy atom. The third-order valence-electron chi connectivity index (χ3n) is 1.32. The summed E-state index contributed by atoms with van der Waals surface area (Å²) in [4.78, 5) is 0.307. The second-order valence-corrected chi connectivity index (χ2v) is 2.82. The number of ether oxygens (including phenoxy) is 1. The molecule has 0 saturated carbocycles. The molecule has 2 nitrogen and oxygen atoms in total.